The van der Waals surface area contributed by atoms with Gasteiger partial charge in [-0.15, -0.1) is 0 Å². The maximum atomic E-state index is 11.4. The van der Waals surface area contributed by atoms with Crippen molar-refractivity contribution < 1.29 is 14.6 Å². The van der Waals surface area contributed by atoms with Gasteiger partial charge in [0.1, 0.15) is 0 Å². The van der Waals surface area contributed by atoms with Gasteiger partial charge in [0, 0.05) is 24.6 Å². The van der Waals surface area contributed by atoms with Gasteiger partial charge in [-0.1, -0.05) is 12.1 Å². The zero-order valence-electron chi connectivity index (χ0n) is 13.8. The Hall–Kier alpha value is -2.18. The second-order valence-corrected chi connectivity index (χ2v) is 6.22. The predicted molar refractivity (Wildman–Crippen MR) is 89.6 cm³/mol. The largest absolute Gasteiger partial charge is 0.467 e. The normalized spacial score (nSPS) is 17.6. The Kier molecular flexibility index (Phi) is 5.27. The monoisotopic (exact) mass is 329 g/mol. The van der Waals surface area contributed by atoms with Crippen molar-refractivity contribution in [3.63, 3.8) is 0 Å². The molecule has 0 radical (unpaired) electrons. The van der Waals surface area contributed by atoms with Gasteiger partial charge < -0.3 is 14.4 Å². The molecule has 2 aromatic rings. The Balaban J connectivity index is 1.52. The van der Waals surface area contributed by atoms with Gasteiger partial charge in [0.25, 0.3) is 0 Å². The van der Waals surface area contributed by atoms with Gasteiger partial charge >= 0.3 is 5.97 Å². The Morgan fingerprint density at radius 1 is 1.33 bits per heavy atom. The van der Waals surface area contributed by atoms with E-state index in [4.69, 9.17) is 0 Å². The molecule has 2 heterocycles. The van der Waals surface area contributed by atoms with E-state index < -0.39 is 12.1 Å². The molecule has 24 heavy (non-hydrogen) atoms. The number of aromatic nitrogens is 2. The molecule has 1 aliphatic rings. The van der Waals surface area contributed by atoms with Gasteiger partial charge in [0.05, 0.1) is 13.4 Å². The van der Waals surface area contributed by atoms with E-state index in [0.29, 0.717) is 0 Å². The van der Waals surface area contributed by atoms with Crippen LogP contribution in [0.5, 0.6) is 0 Å². The molecule has 1 aliphatic heterocycles. The Bertz CT molecular complexity index is 647. The molecular weight excluding hydrogens is 306 g/mol. The number of hydrogen-bond acceptors (Lipinski definition) is 5. The summed E-state index contributed by atoms with van der Waals surface area (Å²) in [6.45, 7) is 2.63. The molecule has 0 spiro atoms. The lowest BCUT2D eigenvalue weighted by molar-refractivity contribution is -0.154. The quantitative estimate of drug-likeness (QED) is 0.844. The molecule has 1 aromatic carbocycles. The SMILES string of the molecule is COC(=O)C(O)C1CCN(Cc2ccc(-n3ccnc3)cc2)CC1. The van der Waals surface area contributed by atoms with Crippen molar-refractivity contribution in [2.45, 2.75) is 25.5 Å². The van der Waals surface area contributed by atoms with Crippen molar-refractivity contribution in [2.24, 2.45) is 5.92 Å². The third kappa shape index (κ3) is 3.83. The van der Waals surface area contributed by atoms with E-state index in [9.17, 15) is 9.90 Å². The van der Waals surface area contributed by atoms with Crippen LogP contribution >= 0.6 is 0 Å². The molecule has 3 rings (SSSR count). The first kappa shape index (κ1) is 16.7. The van der Waals surface area contributed by atoms with Crippen molar-refractivity contribution in [3.8, 4) is 5.69 Å². The molecule has 1 unspecified atom stereocenters. The molecule has 6 nitrogen and oxygen atoms in total. The lowest BCUT2D eigenvalue weighted by Crippen LogP contribution is -2.40. The number of hydrogen-bond donors (Lipinski definition) is 1. The molecule has 128 valence electrons. The van der Waals surface area contributed by atoms with Crippen LogP contribution in [0.15, 0.2) is 43.0 Å². The van der Waals surface area contributed by atoms with E-state index in [2.05, 4.69) is 38.9 Å². The first-order chi connectivity index (χ1) is 11.7. The molecule has 0 saturated carbocycles. The molecule has 0 amide bonds. The molecule has 0 bridgehead atoms. The predicted octanol–water partition coefficient (Wildman–Crippen LogP) is 1.62. The number of ether oxygens (including phenoxy) is 1. The summed E-state index contributed by atoms with van der Waals surface area (Å²) in [6, 6.07) is 8.44. The molecule has 1 aromatic heterocycles. The number of rotatable bonds is 5. The smallest absolute Gasteiger partial charge is 0.334 e. The number of esters is 1. The molecular formula is C18H23N3O3. The first-order valence-corrected chi connectivity index (χ1v) is 8.23. The maximum Gasteiger partial charge on any atom is 0.334 e. The van der Waals surface area contributed by atoms with E-state index >= 15 is 0 Å². The van der Waals surface area contributed by atoms with Gasteiger partial charge in [-0.25, -0.2) is 9.78 Å². The Morgan fingerprint density at radius 2 is 2.04 bits per heavy atom. The topological polar surface area (TPSA) is 67.6 Å². The van der Waals surface area contributed by atoms with Crippen molar-refractivity contribution in [1.82, 2.24) is 14.5 Å². The highest BCUT2D eigenvalue weighted by molar-refractivity contribution is 5.74. The number of likely N-dealkylation sites (tertiary alicyclic amines) is 1. The number of aliphatic hydroxyl groups is 1. The van der Waals surface area contributed by atoms with Gasteiger partial charge in [0.2, 0.25) is 0 Å². The summed E-state index contributed by atoms with van der Waals surface area (Å²) in [5.41, 5.74) is 2.35. The molecule has 6 heteroatoms. The molecule has 1 fully saturated rings. The van der Waals surface area contributed by atoms with E-state index in [1.807, 2.05) is 10.8 Å². The van der Waals surface area contributed by atoms with Crippen molar-refractivity contribution in [2.75, 3.05) is 20.2 Å². The highest BCUT2D eigenvalue weighted by atomic mass is 16.5. The number of nitrogens with zero attached hydrogens (tertiary/aromatic N) is 3. The van der Waals surface area contributed by atoms with Crippen LogP contribution in [-0.2, 0) is 16.1 Å². The van der Waals surface area contributed by atoms with Gasteiger partial charge in [-0.3, -0.25) is 4.90 Å². The minimum absolute atomic E-state index is 0.00248. The fourth-order valence-corrected chi connectivity index (χ4v) is 3.18. The number of aliphatic hydroxyl groups excluding tert-OH is 1. The summed E-state index contributed by atoms with van der Waals surface area (Å²) in [5, 5.41) is 9.94. The van der Waals surface area contributed by atoms with Crippen LogP contribution < -0.4 is 0 Å². The number of carbonyl (C=O) groups excluding carboxylic acids is 1. The van der Waals surface area contributed by atoms with E-state index in [1.54, 1.807) is 12.5 Å². The number of carbonyl (C=O) groups is 1. The zero-order chi connectivity index (χ0) is 16.9. The molecule has 1 N–H and O–H groups in total. The first-order valence-electron chi connectivity index (χ1n) is 8.23. The minimum Gasteiger partial charge on any atom is -0.467 e. The standard InChI is InChI=1S/C18H23N3O3/c1-24-18(23)17(22)15-6-9-20(10-7-15)12-14-2-4-16(5-3-14)21-11-8-19-13-21/h2-5,8,11,13,15,17,22H,6-7,9-10,12H2,1H3. The fraction of sp³-hybridized carbons (Fsp3) is 0.444. The second kappa shape index (κ2) is 7.59. The lowest BCUT2D eigenvalue weighted by Gasteiger charge is -2.33. The van der Waals surface area contributed by atoms with Crippen LogP contribution in [0.2, 0.25) is 0 Å². The number of piperidine rings is 1. The zero-order valence-corrected chi connectivity index (χ0v) is 13.8. The van der Waals surface area contributed by atoms with E-state index in [-0.39, 0.29) is 5.92 Å². The van der Waals surface area contributed by atoms with Gasteiger partial charge in [-0.2, -0.15) is 0 Å². The lowest BCUT2D eigenvalue weighted by atomic mass is 9.91. The van der Waals surface area contributed by atoms with Crippen LogP contribution in [0.4, 0.5) is 0 Å². The molecule has 1 saturated heterocycles. The van der Waals surface area contributed by atoms with Crippen LogP contribution in [-0.4, -0.2) is 51.8 Å². The minimum atomic E-state index is -0.994. The highest BCUT2D eigenvalue weighted by Crippen LogP contribution is 2.23. The fourth-order valence-electron chi connectivity index (χ4n) is 3.18. The van der Waals surface area contributed by atoms with Crippen molar-refractivity contribution >= 4 is 5.97 Å². The van der Waals surface area contributed by atoms with E-state index in [0.717, 1.165) is 38.2 Å². The van der Waals surface area contributed by atoms with E-state index in [1.165, 1.54) is 12.7 Å². The van der Waals surface area contributed by atoms with Gasteiger partial charge in [-0.05, 0) is 49.5 Å². The second-order valence-electron chi connectivity index (χ2n) is 6.22. The number of imidazole rings is 1. The van der Waals surface area contributed by atoms with Crippen molar-refractivity contribution in [1.29, 1.82) is 0 Å². The van der Waals surface area contributed by atoms with Crippen LogP contribution in [0.25, 0.3) is 5.69 Å². The number of benzene rings is 1. The van der Waals surface area contributed by atoms with Crippen molar-refractivity contribution in [3.05, 3.63) is 48.5 Å². The van der Waals surface area contributed by atoms with Crippen LogP contribution in [0.1, 0.15) is 18.4 Å². The van der Waals surface area contributed by atoms with Gasteiger partial charge in [0.15, 0.2) is 6.10 Å². The summed E-state index contributed by atoms with van der Waals surface area (Å²) >= 11 is 0. The third-order valence-corrected chi connectivity index (χ3v) is 4.67. The summed E-state index contributed by atoms with van der Waals surface area (Å²) in [7, 11) is 1.31. The average Bonchev–Trinajstić information content (AvgIpc) is 3.16. The Morgan fingerprint density at radius 3 is 2.62 bits per heavy atom. The molecule has 1 atom stereocenters. The number of methoxy groups -OCH3 is 1. The third-order valence-electron chi connectivity index (χ3n) is 4.67. The van der Waals surface area contributed by atoms with Crippen LogP contribution in [0, 0.1) is 5.92 Å². The van der Waals surface area contributed by atoms with Crippen LogP contribution in [0.3, 0.4) is 0 Å². The summed E-state index contributed by atoms with van der Waals surface area (Å²) in [5.74, 6) is -0.527. The maximum absolute atomic E-state index is 11.4. The average molecular weight is 329 g/mol. The summed E-state index contributed by atoms with van der Waals surface area (Å²) < 4.78 is 6.60. The summed E-state index contributed by atoms with van der Waals surface area (Å²) in [4.78, 5) is 17.8. The Labute approximate surface area is 141 Å². The highest BCUT2D eigenvalue weighted by Gasteiger charge is 2.30. The summed E-state index contributed by atoms with van der Waals surface area (Å²) in [6.07, 6.45) is 6.10. The molecule has 0 aliphatic carbocycles.